The third kappa shape index (κ3) is 5.27. The second-order valence-electron chi connectivity index (χ2n) is 4.88. The fraction of sp³-hybridized carbons (Fsp3) is 0.176. The van der Waals surface area contributed by atoms with Crippen LogP contribution >= 0.6 is 15.9 Å². The minimum atomic E-state index is -0.102. The maximum Gasteiger partial charge on any atom is 0.211 e. The lowest BCUT2D eigenvalue weighted by Gasteiger charge is -2.12. The van der Waals surface area contributed by atoms with Gasteiger partial charge in [0.15, 0.2) is 11.5 Å². The van der Waals surface area contributed by atoms with Gasteiger partial charge >= 0.3 is 0 Å². The van der Waals surface area contributed by atoms with E-state index in [1.807, 2.05) is 24.3 Å². The van der Waals surface area contributed by atoms with Crippen LogP contribution in [0.25, 0.3) is 0 Å². The summed E-state index contributed by atoms with van der Waals surface area (Å²) < 4.78 is 12.0. The summed E-state index contributed by atoms with van der Waals surface area (Å²) >= 11 is 3.48. The molecule has 0 atom stereocenters. The molecule has 126 valence electrons. The summed E-state index contributed by atoms with van der Waals surface area (Å²) in [5.41, 5.74) is 12.5. The van der Waals surface area contributed by atoms with E-state index in [9.17, 15) is 0 Å². The molecule has 0 fully saturated rings. The number of nitrogens with two attached hydrogens (primary N) is 2. The molecule has 0 aromatic heterocycles. The molecule has 0 amide bonds. The first-order valence-electron chi connectivity index (χ1n) is 7.26. The molecule has 0 aliphatic carbocycles. The highest BCUT2D eigenvalue weighted by Crippen LogP contribution is 2.33. The Bertz CT molecular complexity index is 729. The lowest BCUT2D eigenvalue weighted by molar-refractivity contribution is 0.297. The van der Waals surface area contributed by atoms with Gasteiger partial charge < -0.3 is 20.9 Å². The molecule has 0 bridgehead atoms. The molecule has 2 rings (SSSR count). The Hall–Kier alpha value is -2.54. The summed E-state index contributed by atoms with van der Waals surface area (Å²) in [4.78, 5) is 0. The van der Waals surface area contributed by atoms with Crippen LogP contribution in [0.5, 0.6) is 11.5 Å². The number of halogens is 1. The monoisotopic (exact) mass is 390 g/mol. The second-order valence-corrected chi connectivity index (χ2v) is 5.73. The summed E-state index contributed by atoms with van der Waals surface area (Å²) in [5, 5.41) is 7.37. The molecule has 7 heteroatoms. The van der Waals surface area contributed by atoms with Crippen molar-refractivity contribution >= 4 is 28.1 Å². The van der Waals surface area contributed by atoms with E-state index in [2.05, 4.69) is 38.3 Å². The number of ether oxygens (including phenoxy) is 2. The van der Waals surface area contributed by atoms with Gasteiger partial charge in [0.2, 0.25) is 5.96 Å². The van der Waals surface area contributed by atoms with Crippen LogP contribution in [0.3, 0.4) is 0 Å². The van der Waals surface area contributed by atoms with E-state index in [-0.39, 0.29) is 5.96 Å². The van der Waals surface area contributed by atoms with E-state index in [1.165, 1.54) is 11.8 Å². The molecule has 0 heterocycles. The Kier molecular flexibility index (Phi) is 6.62. The first-order valence-corrected chi connectivity index (χ1v) is 8.05. The molecule has 0 radical (unpaired) electrons. The van der Waals surface area contributed by atoms with Gasteiger partial charge in [-0.1, -0.05) is 30.3 Å². The van der Waals surface area contributed by atoms with Crippen LogP contribution in [-0.2, 0) is 6.42 Å². The molecule has 0 aliphatic rings. The third-order valence-corrected chi connectivity index (χ3v) is 3.83. The van der Waals surface area contributed by atoms with Crippen molar-refractivity contribution in [1.29, 1.82) is 0 Å². The van der Waals surface area contributed by atoms with Crippen LogP contribution in [0.15, 0.2) is 57.1 Å². The van der Waals surface area contributed by atoms with E-state index in [0.717, 1.165) is 16.5 Å². The highest BCUT2D eigenvalue weighted by molar-refractivity contribution is 9.10. The Morgan fingerprint density at radius 3 is 2.58 bits per heavy atom. The topological polar surface area (TPSA) is 95.2 Å². The molecule has 4 N–H and O–H groups in total. The molecule has 0 spiro atoms. The first kappa shape index (κ1) is 17.8. The van der Waals surface area contributed by atoms with Crippen molar-refractivity contribution in [1.82, 2.24) is 0 Å². The van der Waals surface area contributed by atoms with Gasteiger partial charge in [-0.15, -0.1) is 5.10 Å². The van der Waals surface area contributed by atoms with E-state index >= 15 is 0 Å². The van der Waals surface area contributed by atoms with Gasteiger partial charge in [-0.3, -0.25) is 0 Å². The zero-order chi connectivity index (χ0) is 17.4. The SMILES string of the molecule is COc1cc(C=NN=C(N)N)c(Br)cc1OCCc1ccccc1. The summed E-state index contributed by atoms with van der Waals surface area (Å²) in [5.74, 6) is 1.16. The van der Waals surface area contributed by atoms with Crippen LogP contribution in [0.1, 0.15) is 11.1 Å². The number of hydrogen-bond donors (Lipinski definition) is 2. The molecule has 0 saturated carbocycles. The number of nitrogens with zero attached hydrogens (tertiary/aromatic N) is 2. The molecule has 24 heavy (non-hydrogen) atoms. The summed E-state index contributed by atoms with van der Waals surface area (Å²) in [7, 11) is 1.59. The number of benzene rings is 2. The van der Waals surface area contributed by atoms with Crippen molar-refractivity contribution in [2.75, 3.05) is 13.7 Å². The molecular formula is C17H19BrN4O2. The summed E-state index contributed by atoms with van der Waals surface area (Å²) in [6.07, 6.45) is 2.34. The summed E-state index contributed by atoms with van der Waals surface area (Å²) in [6.45, 7) is 0.550. The third-order valence-electron chi connectivity index (χ3n) is 3.14. The van der Waals surface area contributed by atoms with E-state index < -0.39 is 0 Å². The van der Waals surface area contributed by atoms with Crippen molar-refractivity contribution < 1.29 is 9.47 Å². The average Bonchev–Trinajstić information content (AvgIpc) is 2.57. The molecule has 2 aromatic rings. The zero-order valence-electron chi connectivity index (χ0n) is 13.3. The van der Waals surface area contributed by atoms with Crippen molar-refractivity contribution in [2.24, 2.45) is 21.7 Å². The van der Waals surface area contributed by atoms with Crippen LogP contribution < -0.4 is 20.9 Å². The zero-order valence-corrected chi connectivity index (χ0v) is 14.9. The predicted octanol–water partition coefficient (Wildman–Crippen LogP) is 2.69. The van der Waals surface area contributed by atoms with Crippen molar-refractivity contribution in [3.8, 4) is 11.5 Å². The number of guanidine groups is 1. The summed E-state index contributed by atoms with van der Waals surface area (Å²) in [6, 6.07) is 13.8. The molecule has 0 unspecified atom stereocenters. The fourth-order valence-corrected chi connectivity index (χ4v) is 2.43. The fourth-order valence-electron chi connectivity index (χ4n) is 2.00. The largest absolute Gasteiger partial charge is 0.493 e. The molecule has 0 aliphatic heterocycles. The van der Waals surface area contributed by atoms with Gasteiger partial charge in [0.05, 0.1) is 19.9 Å². The first-order chi connectivity index (χ1) is 11.6. The van der Waals surface area contributed by atoms with Crippen LogP contribution in [0.2, 0.25) is 0 Å². The molecule has 6 nitrogen and oxygen atoms in total. The lowest BCUT2D eigenvalue weighted by Crippen LogP contribution is -2.21. The van der Waals surface area contributed by atoms with Crippen LogP contribution in [0, 0.1) is 0 Å². The Morgan fingerprint density at radius 2 is 1.92 bits per heavy atom. The van der Waals surface area contributed by atoms with Crippen LogP contribution in [-0.4, -0.2) is 25.9 Å². The van der Waals surface area contributed by atoms with E-state index in [4.69, 9.17) is 20.9 Å². The Balaban J connectivity index is 2.08. The number of hydrogen-bond acceptors (Lipinski definition) is 4. The maximum atomic E-state index is 5.84. The normalized spacial score (nSPS) is 10.6. The quantitative estimate of drug-likeness (QED) is 0.431. The van der Waals surface area contributed by atoms with Gasteiger partial charge in [-0.2, -0.15) is 5.10 Å². The van der Waals surface area contributed by atoms with Gasteiger partial charge in [0.25, 0.3) is 0 Å². The van der Waals surface area contributed by atoms with Gasteiger partial charge in [0.1, 0.15) is 0 Å². The van der Waals surface area contributed by atoms with E-state index in [1.54, 1.807) is 13.2 Å². The number of rotatable bonds is 7. The van der Waals surface area contributed by atoms with Gasteiger partial charge in [-0.25, -0.2) is 0 Å². The molecule has 2 aromatic carbocycles. The number of methoxy groups -OCH3 is 1. The van der Waals surface area contributed by atoms with Crippen LogP contribution in [0.4, 0.5) is 0 Å². The molecule has 0 saturated heterocycles. The molecular weight excluding hydrogens is 372 g/mol. The second kappa shape index (κ2) is 8.93. The van der Waals surface area contributed by atoms with Gasteiger partial charge in [0, 0.05) is 16.5 Å². The smallest absolute Gasteiger partial charge is 0.211 e. The van der Waals surface area contributed by atoms with Crippen molar-refractivity contribution in [2.45, 2.75) is 6.42 Å². The average molecular weight is 391 g/mol. The van der Waals surface area contributed by atoms with Crippen molar-refractivity contribution in [3.05, 3.63) is 58.1 Å². The highest BCUT2D eigenvalue weighted by atomic mass is 79.9. The lowest BCUT2D eigenvalue weighted by atomic mass is 10.2. The Labute approximate surface area is 149 Å². The standard InChI is InChI=1S/C17H19BrN4O2/c1-23-15-9-13(11-21-22-17(19)20)14(18)10-16(15)24-8-7-12-5-3-2-4-6-12/h2-6,9-11H,7-8H2,1H3,(H4,19,20,22). The predicted molar refractivity (Wildman–Crippen MR) is 99.7 cm³/mol. The van der Waals surface area contributed by atoms with Crippen molar-refractivity contribution in [3.63, 3.8) is 0 Å². The van der Waals surface area contributed by atoms with E-state index in [0.29, 0.717) is 18.1 Å². The van der Waals surface area contributed by atoms with Gasteiger partial charge in [-0.05, 0) is 33.6 Å². The maximum absolute atomic E-state index is 5.84. The Morgan fingerprint density at radius 1 is 1.17 bits per heavy atom. The minimum absolute atomic E-state index is 0.102. The highest BCUT2D eigenvalue weighted by Gasteiger charge is 2.09. The minimum Gasteiger partial charge on any atom is -0.493 e.